The van der Waals surface area contributed by atoms with Crippen molar-refractivity contribution in [1.29, 1.82) is 0 Å². The molecule has 6 nitrogen and oxygen atoms in total. The number of anilines is 1. The number of rotatable bonds is 7. The summed E-state index contributed by atoms with van der Waals surface area (Å²) in [6.07, 6.45) is 0. The molecule has 0 fully saturated rings. The second-order valence-electron chi connectivity index (χ2n) is 6.99. The summed E-state index contributed by atoms with van der Waals surface area (Å²) in [4.78, 5) is 13.1. The molecule has 0 N–H and O–H groups in total. The van der Waals surface area contributed by atoms with Crippen LogP contribution in [0.15, 0.2) is 65.6 Å². The lowest BCUT2D eigenvalue weighted by molar-refractivity contribution is -0.119. The fraction of sp³-hybridized carbons (Fsp3) is 0.174. The maximum absolute atomic E-state index is 13.4. The Kier molecular flexibility index (Phi) is 7.33. The van der Waals surface area contributed by atoms with Gasteiger partial charge in [0.05, 0.1) is 22.7 Å². The van der Waals surface area contributed by atoms with Crippen LogP contribution in [0, 0.1) is 13.8 Å². The number of aryl methyl sites for hydroxylation is 2. The van der Waals surface area contributed by atoms with Crippen molar-refractivity contribution < 1.29 is 22.7 Å². The number of carbonyl (C=O) groups excluding carboxylic acids is 1. The van der Waals surface area contributed by atoms with E-state index in [-0.39, 0.29) is 15.6 Å². The highest BCUT2D eigenvalue weighted by molar-refractivity contribution is 7.93. The quantitative estimate of drug-likeness (QED) is 0.439. The number of benzene rings is 3. The summed E-state index contributed by atoms with van der Waals surface area (Å²) < 4.78 is 38.3. The Morgan fingerprint density at radius 2 is 1.59 bits per heavy atom. The highest BCUT2D eigenvalue weighted by atomic mass is 35.5. The zero-order valence-electron chi connectivity index (χ0n) is 17.6. The highest BCUT2D eigenvalue weighted by Crippen LogP contribution is 2.32. The summed E-state index contributed by atoms with van der Waals surface area (Å²) in [5, 5.41) is 0.689. The van der Waals surface area contributed by atoms with Gasteiger partial charge in [-0.3, -0.25) is 4.79 Å². The molecule has 0 atom stereocenters. The van der Waals surface area contributed by atoms with Gasteiger partial charge in [-0.15, -0.1) is 0 Å². The van der Waals surface area contributed by atoms with E-state index in [1.54, 1.807) is 37.3 Å². The number of methoxy groups -OCH3 is 1. The molecule has 0 saturated carbocycles. The Bertz CT molecular complexity index is 1240. The molecule has 0 unspecified atom stereocenters. The van der Waals surface area contributed by atoms with Gasteiger partial charge >= 0.3 is 0 Å². The maximum atomic E-state index is 13.4. The van der Waals surface area contributed by atoms with E-state index < -0.39 is 22.5 Å². The minimum atomic E-state index is -4.24. The molecule has 0 bridgehead atoms. The minimum absolute atomic E-state index is 0.0361. The van der Waals surface area contributed by atoms with Crippen molar-refractivity contribution in [3.8, 4) is 11.5 Å². The molecule has 0 aliphatic rings. The SMILES string of the molecule is COc1ccc(N(C(=O)COc2ccc(Cl)cc2C)S(=O)(=O)c2ccc(C)cc2)cc1Cl. The highest BCUT2D eigenvalue weighted by Gasteiger charge is 2.32. The van der Waals surface area contributed by atoms with Crippen LogP contribution < -0.4 is 13.8 Å². The molecular formula is C23H21Cl2NO5S. The fourth-order valence-corrected chi connectivity index (χ4v) is 4.87. The number of sulfonamides is 1. The molecule has 3 aromatic rings. The van der Waals surface area contributed by atoms with E-state index in [1.165, 1.54) is 37.4 Å². The summed E-state index contributed by atoms with van der Waals surface area (Å²) in [6.45, 7) is 3.10. The van der Waals surface area contributed by atoms with Crippen LogP contribution in [-0.2, 0) is 14.8 Å². The molecule has 0 aromatic heterocycles. The van der Waals surface area contributed by atoms with Crippen molar-refractivity contribution in [2.75, 3.05) is 18.0 Å². The molecular weight excluding hydrogens is 473 g/mol. The van der Waals surface area contributed by atoms with Gasteiger partial charge in [0.15, 0.2) is 6.61 Å². The number of nitrogens with zero attached hydrogens (tertiary/aromatic N) is 1. The summed E-state index contributed by atoms with van der Waals surface area (Å²) in [6, 6.07) is 15.4. The average molecular weight is 494 g/mol. The number of ether oxygens (including phenoxy) is 2. The summed E-state index contributed by atoms with van der Waals surface area (Å²) >= 11 is 12.2. The van der Waals surface area contributed by atoms with Gasteiger partial charge in [0.1, 0.15) is 11.5 Å². The lowest BCUT2D eigenvalue weighted by Gasteiger charge is -2.23. The van der Waals surface area contributed by atoms with Gasteiger partial charge in [-0.1, -0.05) is 40.9 Å². The van der Waals surface area contributed by atoms with Crippen LogP contribution in [0.2, 0.25) is 10.0 Å². The van der Waals surface area contributed by atoms with Crippen molar-refractivity contribution >= 4 is 44.8 Å². The molecule has 0 saturated heterocycles. The Hall–Kier alpha value is -2.74. The van der Waals surface area contributed by atoms with Crippen molar-refractivity contribution in [2.24, 2.45) is 0 Å². The first-order valence-electron chi connectivity index (χ1n) is 9.51. The molecule has 0 aliphatic carbocycles. The summed E-state index contributed by atoms with van der Waals surface area (Å²) in [5.41, 5.74) is 1.67. The monoisotopic (exact) mass is 493 g/mol. The van der Waals surface area contributed by atoms with Crippen molar-refractivity contribution in [3.63, 3.8) is 0 Å². The number of amides is 1. The predicted molar refractivity (Wildman–Crippen MR) is 126 cm³/mol. The van der Waals surface area contributed by atoms with Crippen molar-refractivity contribution in [3.05, 3.63) is 81.8 Å². The molecule has 0 radical (unpaired) electrons. The normalized spacial score (nSPS) is 11.2. The summed E-state index contributed by atoms with van der Waals surface area (Å²) in [7, 11) is -2.80. The number of hydrogen-bond acceptors (Lipinski definition) is 5. The molecule has 1 amide bonds. The van der Waals surface area contributed by atoms with Gasteiger partial charge < -0.3 is 9.47 Å². The molecule has 168 valence electrons. The minimum Gasteiger partial charge on any atom is -0.495 e. The van der Waals surface area contributed by atoms with Crippen molar-refractivity contribution in [1.82, 2.24) is 0 Å². The third kappa shape index (κ3) is 5.18. The second-order valence-corrected chi connectivity index (χ2v) is 9.62. The number of hydrogen-bond donors (Lipinski definition) is 0. The smallest absolute Gasteiger partial charge is 0.278 e. The lowest BCUT2D eigenvalue weighted by atomic mass is 10.2. The standard InChI is InChI=1S/C23H21Cl2NO5S/c1-15-4-8-19(9-5-15)32(28,29)26(18-7-11-22(30-3)20(25)13-18)23(27)14-31-21-10-6-17(24)12-16(21)2/h4-13H,14H2,1-3H3. The molecule has 0 heterocycles. The largest absolute Gasteiger partial charge is 0.495 e. The molecule has 3 rings (SSSR count). The Balaban J connectivity index is 2.00. The van der Waals surface area contributed by atoms with Crippen LogP contribution in [0.25, 0.3) is 0 Å². The second kappa shape index (κ2) is 9.81. The van der Waals surface area contributed by atoms with Crippen LogP contribution in [0.1, 0.15) is 11.1 Å². The Morgan fingerprint density at radius 1 is 0.938 bits per heavy atom. The first kappa shape index (κ1) is 23.9. The van der Waals surface area contributed by atoms with Gasteiger partial charge in [-0.2, -0.15) is 4.31 Å². The van der Waals surface area contributed by atoms with E-state index in [4.69, 9.17) is 32.7 Å². The van der Waals surface area contributed by atoms with E-state index in [2.05, 4.69) is 0 Å². The van der Waals surface area contributed by atoms with E-state index in [0.717, 1.165) is 5.56 Å². The third-order valence-corrected chi connectivity index (χ3v) is 6.94. The van der Waals surface area contributed by atoms with Crippen LogP contribution in [0.3, 0.4) is 0 Å². The van der Waals surface area contributed by atoms with Crippen LogP contribution >= 0.6 is 23.2 Å². The fourth-order valence-electron chi connectivity index (χ4n) is 2.99. The number of halogens is 2. The maximum Gasteiger partial charge on any atom is 0.278 e. The third-order valence-electron chi connectivity index (χ3n) is 4.64. The molecule has 0 spiro atoms. The van der Waals surface area contributed by atoms with Gasteiger partial charge in [0.25, 0.3) is 15.9 Å². The topological polar surface area (TPSA) is 72.9 Å². The van der Waals surface area contributed by atoms with Crippen LogP contribution in [-0.4, -0.2) is 28.0 Å². The van der Waals surface area contributed by atoms with Crippen LogP contribution in [0.5, 0.6) is 11.5 Å². The first-order valence-corrected chi connectivity index (χ1v) is 11.7. The first-order chi connectivity index (χ1) is 15.1. The predicted octanol–water partition coefficient (Wildman–Crippen LogP) is 5.42. The molecule has 3 aromatic carbocycles. The zero-order valence-corrected chi connectivity index (χ0v) is 20.0. The number of carbonyl (C=O) groups is 1. The molecule has 0 aliphatic heterocycles. The zero-order chi connectivity index (χ0) is 23.5. The van der Waals surface area contributed by atoms with Gasteiger partial charge in [-0.25, -0.2) is 8.42 Å². The van der Waals surface area contributed by atoms with E-state index in [9.17, 15) is 13.2 Å². The van der Waals surface area contributed by atoms with Gasteiger partial charge in [0.2, 0.25) is 0 Å². The molecule has 32 heavy (non-hydrogen) atoms. The Labute approximate surface area is 197 Å². The van der Waals surface area contributed by atoms with Gasteiger partial charge in [0, 0.05) is 5.02 Å². The lowest BCUT2D eigenvalue weighted by Crippen LogP contribution is -2.40. The van der Waals surface area contributed by atoms with Gasteiger partial charge in [-0.05, 0) is 67.9 Å². The summed E-state index contributed by atoms with van der Waals surface area (Å²) in [5.74, 6) is -0.0204. The molecule has 9 heteroatoms. The van der Waals surface area contributed by atoms with Crippen LogP contribution in [0.4, 0.5) is 5.69 Å². The van der Waals surface area contributed by atoms with E-state index in [0.29, 0.717) is 26.4 Å². The van der Waals surface area contributed by atoms with E-state index >= 15 is 0 Å². The van der Waals surface area contributed by atoms with E-state index in [1.807, 2.05) is 6.92 Å². The average Bonchev–Trinajstić information content (AvgIpc) is 2.73. The Morgan fingerprint density at radius 3 is 2.19 bits per heavy atom. The van der Waals surface area contributed by atoms with Crippen molar-refractivity contribution in [2.45, 2.75) is 18.7 Å².